The molecular formula is C16H21N3O5S. The Morgan fingerprint density at radius 3 is 2.80 bits per heavy atom. The molecule has 1 saturated heterocycles. The molecular weight excluding hydrogens is 346 g/mol. The first-order valence-corrected chi connectivity index (χ1v) is 9.77. The van der Waals surface area contributed by atoms with Crippen molar-refractivity contribution in [2.45, 2.75) is 37.3 Å². The van der Waals surface area contributed by atoms with Crippen LogP contribution in [0.25, 0.3) is 11.0 Å². The third kappa shape index (κ3) is 2.57. The number of ether oxygens (including phenoxy) is 2. The quantitative estimate of drug-likeness (QED) is 0.846. The molecule has 0 radical (unpaired) electrons. The van der Waals surface area contributed by atoms with Crippen LogP contribution in [-0.2, 0) is 19.5 Å². The van der Waals surface area contributed by atoms with Crippen LogP contribution < -0.4 is 4.72 Å². The fourth-order valence-electron chi connectivity index (χ4n) is 4.21. The van der Waals surface area contributed by atoms with Gasteiger partial charge in [-0.05, 0) is 41.7 Å². The van der Waals surface area contributed by atoms with Gasteiger partial charge in [0.1, 0.15) is 10.4 Å². The number of aryl methyl sites for hydroxylation is 2. The summed E-state index contributed by atoms with van der Waals surface area (Å²) < 4.78 is 44.8. The Morgan fingerprint density at radius 1 is 1.28 bits per heavy atom. The van der Waals surface area contributed by atoms with E-state index in [-0.39, 0.29) is 34.4 Å². The summed E-state index contributed by atoms with van der Waals surface area (Å²) in [5, 5.41) is 7.65. The minimum absolute atomic E-state index is 0.0176. The second-order valence-electron chi connectivity index (χ2n) is 6.86. The number of benzene rings is 1. The maximum absolute atomic E-state index is 13.1. The van der Waals surface area contributed by atoms with Crippen LogP contribution in [0.3, 0.4) is 0 Å². The molecule has 0 spiro atoms. The Labute approximate surface area is 145 Å². The fourth-order valence-corrected chi connectivity index (χ4v) is 5.91. The summed E-state index contributed by atoms with van der Waals surface area (Å²) in [7, 11) is -2.16. The topological polar surface area (TPSA) is 104 Å². The van der Waals surface area contributed by atoms with E-state index in [1.165, 1.54) is 0 Å². The molecule has 136 valence electrons. The van der Waals surface area contributed by atoms with E-state index in [9.17, 15) is 8.42 Å². The van der Waals surface area contributed by atoms with Gasteiger partial charge in [-0.15, -0.1) is 0 Å². The normalized spacial score (nSPS) is 28.9. The van der Waals surface area contributed by atoms with Crippen LogP contribution in [0, 0.1) is 25.7 Å². The van der Waals surface area contributed by atoms with E-state index in [4.69, 9.17) is 14.1 Å². The first-order valence-electron chi connectivity index (χ1n) is 8.29. The van der Waals surface area contributed by atoms with E-state index < -0.39 is 10.0 Å². The van der Waals surface area contributed by atoms with E-state index in [2.05, 4.69) is 15.0 Å². The van der Waals surface area contributed by atoms with Crippen molar-refractivity contribution < 1.29 is 22.5 Å². The molecule has 9 heteroatoms. The molecule has 1 aromatic carbocycles. The van der Waals surface area contributed by atoms with Crippen LogP contribution >= 0.6 is 0 Å². The summed E-state index contributed by atoms with van der Waals surface area (Å²) in [6.45, 7) is 4.73. The van der Waals surface area contributed by atoms with Gasteiger partial charge in [0.25, 0.3) is 0 Å². The van der Waals surface area contributed by atoms with E-state index in [0.717, 1.165) is 12.0 Å². The van der Waals surface area contributed by atoms with E-state index in [1.807, 2.05) is 6.92 Å². The lowest BCUT2D eigenvalue weighted by Crippen LogP contribution is -2.62. The predicted molar refractivity (Wildman–Crippen MR) is 88.6 cm³/mol. The highest BCUT2D eigenvalue weighted by Crippen LogP contribution is 2.44. The van der Waals surface area contributed by atoms with Gasteiger partial charge in [-0.25, -0.2) is 17.8 Å². The predicted octanol–water partition coefficient (Wildman–Crippen LogP) is 1.17. The molecule has 1 aliphatic carbocycles. The second kappa shape index (κ2) is 6.01. The van der Waals surface area contributed by atoms with Crippen LogP contribution in [0.15, 0.2) is 15.6 Å². The van der Waals surface area contributed by atoms with Crippen LogP contribution in [-0.4, -0.2) is 51.2 Å². The Balaban J connectivity index is 1.70. The number of nitrogens with zero attached hydrogens (tertiary/aromatic N) is 2. The molecule has 8 nitrogen and oxygen atoms in total. The van der Waals surface area contributed by atoms with Gasteiger partial charge >= 0.3 is 0 Å². The minimum atomic E-state index is -3.78. The second-order valence-corrected chi connectivity index (χ2v) is 8.51. The number of aromatic nitrogens is 2. The molecule has 0 unspecified atom stereocenters. The zero-order valence-corrected chi connectivity index (χ0v) is 15.2. The highest BCUT2D eigenvalue weighted by molar-refractivity contribution is 7.89. The standard InChI is InChI=1S/C16H21N3O5S/c1-8-6-9(2)16(14-12(8)17-24-18-14)25(20,21)19-13-10-4-5-23-15(10)11(13)7-22-3/h6,10-11,13,15,19H,4-5,7H2,1-3H3/t10-,11+,13+,15-/m0/s1. The van der Waals surface area contributed by atoms with Gasteiger partial charge in [-0.2, -0.15) is 0 Å². The smallest absolute Gasteiger partial charge is 0.243 e. The molecule has 4 atom stereocenters. The Morgan fingerprint density at radius 2 is 2.04 bits per heavy atom. The number of fused-ring (bicyclic) bond motifs is 2. The highest BCUT2D eigenvalue weighted by Gasteiger charge is 2.55. The van der Waals surface area contributed by atoms with Crippen molar-refractivity contribution >= 4 is 21.1 Å². The van der Waals surface area contributed by atoms with Crippen molar-refractivity contribution in [3.8, 4) is 0 Å². The average Bonchev–Trinajstić information content (AvgIpc) is 3.17. The van der Waals surface area contributed by atoms with Gasteiger partial charge in [0.15, 0.2) is 5.52 Å². The molecule has 2 aromatic rings. The molecule has 2 fully saturated rings. The van der Waals surface area contributed by atoms with E-state index >= 15 is 0 Å². The van der Waals surface area contributed by atoms with Crippen LogP contribution in [0.4, 0.5) is 0 Å². The maximum Gasteiger partial charge on any atom is 0.243 e. The summed E-state index contributed by atoms with van der Waals surface area (Å²) in [6.07, 6.45) is 0.923. The number of sulfonamides is 1. The number of methoxy groups -OCH3 is 1. The monoisotopic (exact) mass is 367 g/mol. The molecule has 2 heterocycles. The van der Waals surface area contributed by atoms with Gasteiger partial charge in [0.2, 0.25) is 10.0 Å². The van der Waals surface area contributed by atoms with Gasteiger partial charge in [0.05, 0.1) is 12.7 Å². The van der Waals surface area contributed by atoms with E-state index in [0.29, 0.717) is 24.3 Å². The number of nitrogens with one attached hydrogen (secondary N) is 1. The fraction of sp³-hybridized carbons (Fsp3) is 0.625. The average molecular weight is 367 g/mol. The molecule has 0 amide bonds. The van der Waals surface area contributed by atoms with E-state index in [1.54, 1.807) is 20.1 Å². The summed E-state index contributed by atoms with van der Waals surface area (Å²) in [5.74, 6) is 0.204. The molecule has 4 rings (SSSR count). The third-order valence-electron chi connectivity index (χ3n) is 5.32. The van der Waals surface area contributed by atoms with Crippen molar-refractivity contribution in [2.75, 3.05) is 20.3 Å². The first kappa shape index (κ1) is 16.9. The SMILES string of the molecule is COC[C@@H]1[C@H](NS(=O)(=O)c2c(C)cc(C)c3nonc23)[C@@H]2CCO[C@H]12. The van der Waals surface area contributed by atoms with Crippen molar-refractivity contribution in [3.63, 3.8) is 0 Å². The number of rotatable bonds is 5. The molecule has 1 aromatic heterocycles. The summed E-state index contributed by atoms with van der Waals surface area (Å²) in [4.78, 5) is 0.132. The Kier molecular flexibility index (Phi) is 4.06. The lowest BCUT2D eigenvalue weighted by molar-refractivity contribution is -0.0775. The summed E-state index contributed by atoms with van der Waals surface area (Å²) >= 11 is 0. The van der Waals surface area contributed by atoms with Crippen molar-refractivity contribution in [1.29, 1.82) is 0 Å². The zero-order chi connectivity index (χ0) is 17.8. The highest BCUT2D eigenvalue weighted by atomic mass is 32.2. The summed E-state index contributed by atoms with van der Waals surface area (Å²) in [5.41, 5.74) is 2.19. The van der Waals surface area contributed by atoms with Gasteiger partial charge in [-0.3, -0.25) is 0 Å². The third-order valence-corrected chi connectivity index (χ3v) is 6.95. The van der Waals surface area contributed by atoms with Gasteiger partial charge in [0, 0.05) is 31.6 Å². The van der Waals surface area contributed by atoms with Gasteiger partial charge in [-0.1, -0.05) is 6.07 Å². The van der Waals surface area contributed by atoms with Gasteiger partial charge < -0.3 is 9.47 Å². The summed E-state index contributed by atoms with van der Waals surface area (Å²) in [6, 6.07) is 1.59. The lowest BCUT2D eigenvalue weighted by atomic mass is 9.68. The largest absolute Gasteiger partial charge is 0.384 e. The maximum atomic E-state index is 13.1. The van der Waals surface area contributed by atoms with Crippen molar-refractivity contribution in [3.05, 3.63) is 17.2 Å². The Bertz CT molecular complexity index is 910. The first-order chi connectivity index (χ1) is 11.9. The molecule has 1 aliphatic heterocycles. The van der Waals surface area contributed by atoms with Crippen LogP contribution in [0.1, 0.15) is 17.5 Å². The Hall–Kier alpha value is -1.55. The minimum Gasteiger partial charge on any atom is -0.384 e. The van der Waals surface area contributed by atoms with Crippen molar-refractivity contribution in [2.24, 2.45) is 11.8 Å². The molecule has 1 saturated carbocycles. The molecule has 0 bridgehead atoms. The molecule has 25 heavy (non-hydrogen) atoms. The van der Waals surface area contributed by atoms with Crippen LogP contribution in [0.5, 0.6) is 0 Å². The molecule has 1 N–H and O–H groups in total. The molecule has 2 aliphatic rings. The van der Waals surface area contributed by atoms with Crippen LogP contribution in [0.2, 0.25) is 0 Å². The number of hydrogen-bond donors (Lipinski definition) is 1. The number of hydrogen-bond acceptors (Lipinski definition) is 7. The lowest BCUT2D eigenvalue weighted by Gasteiger charge is -2.47. The van der Waals surface area contributed by atoms with Crippen molar-refractivity contribution in [1.82, 2.24) is 15.0 Å². The zero-order valence-electron chi connectivity index (χ0n) is 14.4.